The zero-order valence-corrected chi connectivity index (χ0v) is 15.3. The Kier molecular flexibility index (Phi) is 7.18. The molecule has 0 saturated carbocycles. The summed E-state index contributed by atoms with van der Waals surface area (Å²) < 4.78 is 0. The molecule has 1 N–H and O–H groups in total. The van der Waals surface area contributed by atoms with Crippen LogP contribution in [0.25, 0.3) is 0 Å². The zero-order chi connectivity index (χ0) is 16.8. The van der Waals surface area contributed by atoms with Gasteiger partial charge in [0.1, 0.15) is 0 Å². The summed E-state index contributed by atoms with van der Waals surface area (Å²) in [5, 5.41) is 10.8. The number of nitrogens with zero attached hydrogens (tertiary/aromatic N) is 1. The number of halogens is 1. The fourth-order valence-corrected chi connectivity index (χ4v) is 3.33. The number of likely N-dealkylation sites (tertiary alicyclic amines) is 1. The molecule has 0 radical (unpaired) electrons. The van der Waals surface area contributed by atoms with Crippen molar-refractivity contribution in [3.63, 3.8) is 0 Å². The van der Waals surface area contributed by atoms with Crippen LogP contribution in [0.3, 0.4) is 0 Å². The number of benzene rings is 2. The first-order chi connectivity index (χ1) is 11.6. The van der Waals surface area contributed by atoms with Gasteiger partial charge < -0.3 is 10.0 Å². The number of hydrogen-bond acceptors (Lipinski definition) is 3. The van der Waals surface area contributed by atoms with Crippen LogP contribution in [0.1, 0.15) is 35.2 Å². The van der Waals surface area contributed by atoms with Gasteiger partial charge in [-0.05, 0) is 24.8 Å². The Morgan fingerprint density at radius 2 is 1.52 bits per heavy atom. The average Bonchev–Trinajstić information content (AvgIpc) is 2.63. The zero-order valence-electron chi connectivity index (χ0n) is 14.4. The van der Waals surface area contributed by atoms with Crippen LogP contribution >= 0.6 is 12.4 Å². The molecule has 25 heavy (non-hydrogen) atoms. The quantitative estimate of drug-likeness (QED) is 0.798. The van der Waals surface area contributed by atoms with E-state index in [2.05, 4.69) is 29.2 Å². The van der Waals surface area contributed by atoms with Crippen molar-refractivity contribution in [3.8, 4) is 0 Å². The lowest BCUT2D eigenvalue weighted by Crippen LogP contribution is -2.46. The average molecular weight is 360 g/mol. The molecule has 2 aromatic carbocycles. The molecular formula is C21H26ClNO2. The lowest BCUT2D eigenvalue weighted by atomic mass is 9.85. The van der Waals surface area contributed by atoms with Crippen molar-refractivity contribution in [3.05, 3.63) is 71.8 Å². The molecule has 0 amide bonds. The standard InChI is InChI=1S/C21H25NO2.ClH/c23-20(19-9-5-2-6-10-19)17-21(24)12-15-22(16-13-21)14-11-18-7-3-1-4-8-18;/h1-10,24H,11-17H2;1H. The number of ketones is 1. The number of aliphatic hydroxyl groups is 1. The first-order valence-corrected chi connectivity index (χ1v) is 8.72. The van der Waals surface area contributed by atoms with Crippen LogP contribution in [0.4, 0.5) is 0 Å². The van der Waals surface area contributed by atoms with Crippen molar-refractivity contribution < 1.29 is 9.90 Å². The van der Waals surface area contributed by atoms with E-state index in [0.717, 1.165) is 26.1 Å². The molecule has 0 spiro atoms. The molecule has 3 rings (SSSR count). The minimum absolute atomic E-state index is 0. The molecule has 2 aromatic rings. The Bertz CT molecular complexity index is 652. The molecule has 0 bridgehead atoms. The summed E-state index contributed by atoms with van der Waals surface area (Å²) in [6, 6.07) is 19.7. The minimum Gasteiger partial charge on any atom is -0.389 e. The van der Waals surface area contributed by atoms with Crippen LogP contribution in [0, 0.1) is 0 Å². The van der Waals surface area contributed by atoms with Gasteiger partial charge in [-0.15, -0.1) is 12.4 Å². The van der Waals surface area contributed by atoms with Crippen LogP contribution in [-0.2, 0) is 6.42 Å². The fourth-order valence-electron chi connectivity index (χ4n) is 3.33. The molecule has 4 heteroatoms. The van der Waals surface area contributed by atoms with E-state index in [1.807, 2.05) is 36.4 Å². The van der Waals surface area contributed by atoms with Crippen LogP contribution in [-0.4, -0.2) is 41.0 Å². The molecule has 0 aliphatic carbocycles. The van der Waals surface area contributed by atoms with Gasteiger partial charge in [0.05, 0.1) is 5.60 Å². The molecule has 1 fully saturated rings. The number of carbonyl (C=O) groups is 1. The smallest absolute Gasteiger partial charge is 0.165 e. The monoisotopic (exact) mass is 359 g/mol. The molecule has 1 aliphatic rings. The first kappa shape index (κ1) is 19.6. The second kappa shape index (κ2) is 9.14. The summed E-state index contributed by atoms with van der Waals surface area (Å²) in [7, 11) is 0. The SMILES string of the molecule is Cl.O=C(CC1(O)CCN(CCc2ccccc2)CC1)c1ccccc1. The summed E-state index contributed by atoms with van der Waals surface area (Å²) in [5.74, 6) is 0.0378. The van der Waals surface area contributed by atoms with Gasteiger partial charge in [-0.2, -0.15) is 0 Å². The van der Waals surface area contributed by atoms with Gasteiger partial charge in [-0.1, -0.05) is 60.7 Å². The third kappa shape index (κ3) is 5.67. The lowest BCUT2D eigenvalue weighted by Gasteiger charge is -2.38. The van der Waals surface area contributed by atoms with Gasteiger partial charge in [0, 0.05) is 31.6 Å². The maximum absolute atomic E-state index is 12.3. The van der Waals surface area contributed by atoms with Crippen molar-refractivity contribution in [1.29, 1.82) is 0 Å². The molecule has 0 atom stereocenters. The fraction of sp³-hybridized carbons (Fsp3) is 0.381. The number of rotatable bonds is 6. The molecule has 0 aromatic heterocycles. The highest BCUT2D eigenvalue weighted by Gasteiger charge is 2.34. The van der Waals surface area contributed by atoms with E-state index < -0.39 is 5.60 Å². The Balaban J connectivity index is 0.00000225. The molecule has 1 heterocycles. The van der Waals surface area contributed by atoms with Crippen LogP contribution in [0.15, 0.2) is 60.7 Å². The largest absolute Gasteiger partial charge is 0.389 e. The maximum atomic E-state index is 12.3. The van der Waals surface area contributed by atoms with E-state index in [4.69, 9.17) is 0 Å². The Morgan fingerprint density at radius 3 is 2.12 bits per heavy atom. The lowest BCUT2D eigenvalue weighted by molar-refractivity contribution is -0.0221. The number of carbonyl (C=O) groups excluding carboxylic acids is 1. The summed E-state index contributed by atoms with van der Waals surface area (Å²) in [6.45, 7) is 2.71. The molecule has 0 unspecified atom stereocenters. The topological polar surface area (TPSA) is 40.5 Å². The van der Waals surface area contributed by atoms with Gasteiger partial charge in [0.25, 0.3) is 0 Å². The Hall–Kier alpha value is -1.68. The number of piperidine rings is 1. The second-order valence-corrected chi connectivity index (χ2v) is 6.77. The summed E-state index contributed by atoms with van der Waals surface area (Å²) in [6.07, 6.45) is 2.59. The second-order valence-electron chi connectivity index (χ2n) is 6.77. The predicted octanol–water partition coefficient (Wildman–Crippen LogP) is 3.75. The highest BCUT2D eigenvalue weighted by molar-refractivity contribution is 5.96. The van der Waals surface area contributed by atoms with Gasteiger partial charge in [-0.3, -0.25) is 4.79 Å². The van der Waals surface area contributed by atoms with Crippen molar-refractivity contribution in [1.82, 2.24) is 4.90 Å². The molecule has 1 saturated heterocycles. The number of Topliss-reactive ketones (excluding diaryl/α,β-unsaturated/α-hetero) is 1. The predicted molar refractivity (Wildman–Crippen MR) is 103 cm³/mol. The van der Waals surface area contributed by atoms with Gasteiger partial charge >= 0.3 is 0 Å². The normalized spacial score (nSPS) is 16.8. The molecule has 1 aliphatic heterocycles. The van der Waals surface area contributed by atoms with E-state index in [1.54, 1.807) is 0 Å². The van der Waals surface area contributed by atoms with E-state index in [9.17, 15) is 9.90 Å². The van der Waals surface area contributed by atoms with E-state index >= 15 is 0 Å². The van der Waals surface area contributed by atoms with Crippen LogP contribution < -0.4 is 0 Å². The van der Waals surface area contributed by atoms with E-state index in [0.29, 0.717) is 18.4 Å². The third-order valence-electron chi connectivity index (χ3n) is 4.93. The Morgan fingerprint density at radius 1 is 0.960 bits per heavy atom. The third-order valence-corrected chi connectivity index (χ3v) is 4.93. The van der Waals surface area contributed by atoms with Crippen molar-refractivity contribution >= 4 is 18.2 Å². The first-order valence-electron chi connectivity index (χ1n) is 8.72. The minimum atomic E-state index is -0.851. The summed E-state index contributed by atoms with van der Waals surface area (Å²) in [5.41, 5.74) is 1.19. The maximum Gasteiger partial charge on any atom is 0.165 e. The number of hydrogen-bond donors (Lipinski definition) is 1. The van der Waals surface area contributed by atoms with Gasteiger partial charge in [0.15, 0.2) is 5.78 Å². The highest BCUT2D eigenvalue weighted by Crippen LogP contribution is 2.27. The van der Waals surface area contributed by atoms with Crippen molar-refractivity contribution in [2.75, 3.05) is 19.6 Å². The molecule has 3 nitrogen and oxygen atoms in total. The van der Waals surface area contributed by atoms with Crippen LogP contribution in [0.5, 0.6) is 0 Å². The molecular weight excluding hydrogens is 334 g/mol. The van der Waals surface area contributed by atoms with Gasteiger partial charge in [-0.25, -0.2) is 0 Å². The van der Waals surface area contributed by atoms with Crippen LogP contribution in [0.2, 0.25) is 0 Å². The summed E-state index contributed by atoms with van der Waals surface area (Å²) in [4.78, 5) is 14.7. The van der Waals surface area contributed by atoms with E-state index in [1.165, 1.54) is 5.56 Å². The van der Waals surface area contributed by atoms with E-state index in [-0.39, 0.29) is 24.6 Å². The van der Waals surface area contributed by atoms with Crippen molar-refractivity contribution in [2.24, 2.45) is 0 Å². The van der Waals surface area contributed by atoms with Crippen molar-refractivity contribution in [2.45, 2.75) is 31.3 Å². The molecule has 134 valence electrons. The highest BCUT2D eigenvalue weighted by atomic mass is 35.5. The summed E-state index contributed by atoms with van der Waals surface area (Å²) >= 11 is 0. The van der Waals surface area contributed by atoms with Gasteiger partial charge in [0.2, 0.25) is 0 Å². The Labute approximate surface area is 156 Å².